The quantitative estimate of drug-likeness (QED) is 0.390. The van der Waals surface area contributed by atoms with Gasteiger partial charge in [-0.3, -0.25) is 10.1 Å². The van der Waals surface area contributed by atoms with Gasteiger partial charge in [-0.15, -0.1) is 0 Å². The van der Waals surface area contributed by atoms with Crippen LogP contribution >= 0.6 is 11.6 Å². The first kappa shape index (κ1) is 15.5. The number of halogens is 1. The molecule has 0 unspecified atom stereocenters. The van der Waals surface area contributed by atoms with Crippen molar-refractivity contribution < 1.29 is 9.66 Å². The SMILES string of the molecule is O=[N+]([O-])c1ccc(-c2nc(Cl)c3c(n2)-c2ccccc2OCC3)cc1. The molecule has 6 nitrogen and oxygen atoms in total. The Kier molecular flexibility index (Phi) is 3.82. The van der Waals surface area contributed by atoms with Crippen molar-refractivity contribution in [2.75, 3.05) is 6.61 Å². The summed E-state index contributed by atoms with van der Waals surface area (Å²) in [6.07, 6.45) is 0.614. The minimum absolute atomic E-state index is 0.0170. The smallest absolute Gasteiger partial charge is 0.269 e. The predicted octanol–water partition coefficient (Wildman–Crippen LogP) is 4.31. The summed E-state index contributed by atoms with van der Waals surface area (Å²) in [6.45, 7) is 0.504. The molecule has 4 rings (SSSR count). The molecule has 3 aromatic rings. The van der Waals surface area contributed by atoms with Gasteiger partial charge in [0.1, 0.15) is 10.9 Å². The van der Waals surface area contributed by atoms with Crippen LogP contribution in [0.5, 0.6) is 5.75 Å². The predicted molar refractivity (Wildman–Crippen MR) is 93.8 cm³/mol. The van der Waals surface area contributed by atoms with Gasteiger partial charge < -0.3 is 4.74 Å². The average Bonchev–Trinajstić information content (AvgIpc) is 2.82. The summed E-state index contributed by atoms with van der Waals surface area (Å²) >= 11 is 6.40. The lowest BCUT2D eigenvalue weighted by Crippen LogP contribution is -2.02. The van der Waals surface area contributed by atoms with E-state index in [9.17, 15) is 10.1 Å². The molecule has 25 heavy (non-hydrogen) atoms. The van der Waals surface area contributed by atoms with Crippen molar-refractivity contribution in [1.82, 2.24) is 9.97 Å². The first-order valence-corrected chi connectivity index (χ1v) is 8.05. The molecule has 1 aliphatic rings. The summed E-state index contributed by atoms with van der Waals surface area (Å²) in [7, 11) is 0. The normalized spacial score (nSPS) is 12.5. The van der Waals surface area contributed by atoms with E-state index < -0.39 is 4.92 Å². The van der Waals surface area contributed by atoms with Crippen LogP contribution in [0.25, 0.3) is 22.6 Å². The molecule has 0 N–H and O–H groups in total. The second kappa shape index (κ2) is 6.14. The van der Waals surface area contributed by atoms with E-state index in [1.807, 2.05) is 24.3 Å². The summed E-state index contributed by atoms with van der Waals surface area (Å²) in [5.41, 5.74) is 3.13. The summed E-state index contributed by atoms with van der Waals surface area (Å²) in [6, 6.07) is 13.7. The Morgan fingerprint density at radius 2 is 1.84 bits per heavy atom. The van der Waals surface area contributed by atoms with Gasteiger partial charge in [-0.1, -0.05) is 23.7 Å². The fraction of sp³-hybridized carbons (Fsp3) is 0.111. The van der Waals surface area contributed by atoms with E-state index in [1.165, 1.54) is 12.1 Å². The third-order valence-corrected chi connectivity index (χ3v) is 4.36. The van der Waals surface area contributed by atoms with Crippen LogP contribution in [0.2, 0.25) is 5.15 Å². The molecular weight excluding hydrogens is 342 g/mol. The molecule has 0 saturated carbocycles. The molecule has 0 fully saturated rings. The number of ether oxygens (including phenoxy) is 1. The van der Waals surface area contributed by atoms with E-state index >= 15 is 0 Å². The molecule has 0 amide bonds. The molecule has 2 aromatic carbocycles. The van der Waals surface area contributed by atoms with Gasteiger partial charge in [0.15, 0.2) is 5.82 Å². The highest BCUT2D eigenvalue weighted by atomic mass is 35.5. The molecule has 124 valence electrons. The minimum Gasteiger partial charge on any atom is -0.493 e. The molecular formula is C18H12ClN3O3. The van der Waals surface area contributed by atoms with E-state index in [4.69, 9.17) is 16.3 Å². The van der Waals surface area contributed by atoms with Gasteiger partial charge in [0.2, 0.25) is 0 Å². The van der Waals surface area contributed by atoms with Crippen LogP contribution in [0.4, 0.5) is 5.69 Å². The number of hydrogen-bond donors (Lipinski definition) is 0. The largest absolute Gasteiger partial charge is 0.493 e. The number of non-ortho nitro benzene ring substituents is 1. The van der Waals surface area contributed by atoms with Gasteiger partial charge in [0.05, 0.1) is 17.2 Å². The number of aromatic nitrogens is 2. The minimum atomic E-state index is -0.442. The van der Waals surface area contributed by atoms with Crippen LogP contribution in [0.1, 0.15) is 5.56 Å². The number of benzene rings is 2. The summed E-state index contributed by atoms with van der Waals surface area (Å²) in [4.78, 5) is 19.4. The fourth-order valence-electron chi connectivity index (χ4n) is 2.81. The van der Waals surface area contributed by atoms with Crippen molar-refractivity contribution in [2.24, 2.45) is 0 Å². The Labute approximate surface area is 148 Å². The summed E-state index contributed by atoms with van der Waals surface area (Å²) < 4.78 is 5.77. The molecule has 0 atom stereocenters. The zero-order valence-corrected chi connectivity index (χ0v) is 13.7. The van der Waals surface area contributed by atoms with Crippen LogP contribution < -0.4 is 4.74 Å². The van der Waals surface area contributed by atoms with E-state index in [0.717, 1.165) is 22.6 Å². The molecule has 1 aromatic heterocycles. The van der Waals surface area contributed by atoms with E-state index in [1.54, 1.807) is 12.1 Å². The maximum Gasteiger partial charge on any atom is 0.269 e. The van der Waals surface area contributed by atoms with Crippen molar-refractivity contribution in [2.45, 2.75) is 6.42 Å². The topological polar surface area (TPSA) is 78.2 Å². The molecule has 0 saturated heterocycles. The summed E-state index contributed by atoms with van der Waals surface area (Å²) in [5.74, 6) is 1.18. The Balaban J connectivity index is 1.87. The number of nitrogens with zero attached hydrogens (tertiary/aromatic N) is 3. The summed E-state index contributed by atoms with van der Waals surface area (Å²) in [5, 5.41) is 11.2. The van der Waals surface area contributed by atoms with Crippen LogP contribution in [0, 0.1) is 10.1 Å². The van der Waals surface area contributed by atoms with Crippen LogP contribution in [-0.4, -0.2) is 21.5 Å². The van der Waals surface area contributed by atoms with Crippen molar-refractivity contribution in [3.8, 4) is 28.4 Å². The van der Waals surface area contributed by atoms with Gasteiger partial charge in [-0.25, -0.2) is 9.97 Å². The molecule has 0 aliphatic carbocycles. The maximum absolute atomic E-state index is 10.8. The lowest BCUT2D eigenvalue weighted by Gasteiger charge is -2.10. The van der Waals surface area contributed by atoms with Crippen molar-refractivity contribution in [3.05, 3.63) is 69.4 Å². The molecule has 7 heteroatoms. The number of rotatable bonds is 2. The monoisotopic (exact) mass is 353 g/mol. The Morgan fingerprint density at radius 1 is 1.08 bits per heavy atom. The standard InChI is InChI=1S/C18H12ClN3O3/c19-17-14-9-10-25-15-4-2-1-3-13(15)16(14)20-18(21-17)11-5-7-12(8-6-11)22(23)24/h1-8H,9-10H2. The average molecular weight is 354 g/mol. The highest BCUT2D eigenvalue weighted by Crippen LogP contribution is 2.37. The van der Waals surface area contributed by atoms with Crippen molar-refractivity contribution in [3.63, 3.8) is 0 Å². The highest BCUT2D eigenvalue weighted by Gasteiger charge is 2.21. The van der Waals surface area contributed by atoms with Gasteiger partial charge in [-0.2, -0.15) is 0 Å². The Morgan fingerprint density at radius 3 is 2.60 bits per heavy atom. The zero-order chi connectivity index (χ0) is 17.4. The molecule has 2 heterocycles. The zero-order valence-electron chi connectivity index (χ0n) is 13.0. The van der Waals surface area contributed by atoms with E-state index in [0.29, 0.717) is 29.6 Å². The first-order valence-electron chi connectivity index (χ1n) is 7.67. The molecule has 0 radical (unpaired) electrons. The second-order valence-electron chi connectivity index (χ2n) is 5.56. The van der Waals surface area contributed by atoms with Crippen molar-refractivity contribution in [1.29, 1.82) is 0 Å². The number of hydrogen-bond acceptors (Lipinski definition) is 5. The van der Waals surface area contributed by atoms with Crippen LogP contribution in [0.3, 0.4) is 0 Å². The van der Waals surface area contributed by atoms with Gasteiger partial charge in [-0.05, 0) is 24.3 Å². The van der Waals surface area contributed by atoms with Crippen molar-refractivity contribution >= 4 is 17.3 Å². The number of fused-ring (bicyclic) bond motifs is 3. The van der Waals surface area contributed by atoms with Gasteiger partial charge in [0.25, 0.3) is 5.69 Å². The van der Waals surface area contributed by atoms with Crippen LogP contribution in [0.15, 0.2) is 48.5 Å². The molecule has 0 spiro atoms. The lowest BCUT2D eigenvalue weighted by molar-refractivity contribution is -0.384. The maximum atomic E-state index is 10.8. The Bertz CT molecular complexity index is 974. The Hall–Kier alpha value is -2.99. The van der Waals surface area contributed by atoms with Gasteiger partial charge >= 0.3 is 0 Å². The lowest BCUT2D eigenvalue weighted by atomic mass is 10.0. The van der Waals surface area contributed by atoms with Crippen LogP contribution in [-0.2, 0) is 6.42 Å². The number of nitro groups is 1. The van der Waals surface area contributed by atoms with E-state index in [-0.39, 0.29) is 5.69 Å². The number of nitro benzene ring substituents is 1. The van der Waals surface area contributed by atoms with Gasteiger partial charge in [0, 0.05) is 35.2 Å². The fourth-order valence-corrected chi connectivity index (χ4v) is 3.08. The highest BCUT2D eigenvalue weighted by molar-refractivity contribution is 6.30. The molecule has 1 aliphatic heterocycles. The second-order valence-corrected chi connectivity index (χ2v) is 5.92. The third-order valence-electron chi connectivity index (χ3n) is 4.04. The van der Waals surface area contributed by atoms with E-state index in [2.05, 4.69) is 9.97 Å². The molecule has 0 bridgehead atoms. The third kappa shape index (κ3) is 2.81. The first-order chi connectivity index (χ1) is 12.1. The number of para-hydroxylation sites is 1.